The number of nitro benzene ring substituents is 1. The molecule has 1 aromatic heterocycles. The van der Waals surface area contributed by atoms with Crippen LogP contribution in [-0.4, -0.2) is 18.3 Å². The minimum absolute atomic E-state index is 0.0189. The molecule has 0 aliphatic heterocycles. The molecular formula is C16H19N3O5S2. The van der Waals surface area contributed by atoms with Gasteiger partial charge >= 0.3 is 5.69 Å². The summed E-state index contributed by atoms with van der Waals surface area (Å²) in [5.41, 5.74) is 0.264. The van der Waals surface area contributed by atoms with Crippen molar-refractivity contribution in [1.29, 1.82) is 0 Å². The molecule has 8 nitrogen and oxygen atoms in total. The smallest absolute Gasteiger partial charge is 0.312 e. The number of hydrogen-bond donors (Lipinski definition) is 1. The molecule has 0 saturated heterocycles. The Bertz CT molecular complexity index is 904. The zero-order chi connectivity index (χ0) is 18.7. The van der Waals surface area contributed by atoms with E-state index in [0.29, 0.717) is 11.6 Å². The Morgan fingerprint density at radius 3 is 2.69 bits per heavy atom. The van der Waals surface area contributed by atoms with E-state index in [9.17, 15) is 18.5 Å². The topological polar surface area (TPSA) is 125 Å². The summed E-state index contributed by atoms with van der Waals surface area (Å²) in [6, 6.07) is 3.33. The molecule has 0 amide bonds. The van der Waals surface area contributed by atoms with Crippen molar-refractivity contribution in [1.82, 2.24) is 4.98 Å². The Hall–Kier alpha value is -2.04. The van der Waals surface area contributed by atoms with Gasteiger partial charge in [0.2, 0.25) is 10.0 Å². The molecule has 1 aliphatic carbocycles. The van der Waals surface area contributed by atoms with Crippen LogP contribution < -0.4 is 9.88 Å². The maximum absolute atomic E-state index is 11.4. The number of benzene rings is 1. The largest absolute Gasteiger partial charge is 0.480 e. The number of hydrogen-bond acceptors (Lipinski definition) is 7. The molecule has 26 heavy (non-hydrogen) atoms. The number of aromatic nitrogens is 1. The van der Waals surface area contributed by atoms with Crippen LogP contribution in [0.15, 0.2) is 28.5 Å². The Morgan fingerprint density at radius 1 is 1.31 bits per heavy atom. The first kappa shape index (κ1) is 18.7. The van der Waals surface area contributed by atoms with Crippen LogP contribution in [0.4, 0.5) is 5.69 Å². The molecule has 1 aliphatic rings. The van der Waals surface area contributed by atoms with E-state index in [-0.39, 0.29) is 17.3 Å². The van der Waals surface area contributed by atoms with Gasteiger partial charge in [-0.25, -0.2) is 18.5 Å². The molecule has 10 heteroatoms. The van der Waals surface area contributed by atoms with Gasteiger partial charge in [0.15, 0.2) is 5.75 Å². The summed E-state index contributed by atoms with van der Waals surface area (Å²) in [5.74, 6) is 0.473. The summed E-state index contributed by atoms with van der Waals surface area (Å²) in [4.78, 5) is 14.8. The number of nitrogens with zero attached hydrogens (tertiary/aromatic N) is 2. The van der Waals surface area contributed by atoms with E-state index in [2.05, 4.69) is 4.98 Å². The van der Waals surface area contributed by atoms with Gasteiger partial charge < -0.3 is 4.74 Å². The van der Waals surface area contributed by atoms with E-state index in [0.717, 1.165) is 23.9 Å². The highest BCUT2D eigenvalue weighted by molar-refractivity contribution is 7.89. The molecule has 2 N–H and O–H groups in total. The Balaban J connectivity index is 1.73. The molecule has 0 bridgehead atoms. The van der Waals surface area contributed by atoms with E-state index >= 15 is 0 Å². The van der Waals surface area contributed by atoms with Gasteiger partial charge in [0.25, 0.3) is 0 Å². The van der Waals surface area contributed by atoms with Crippen molar-refractivity contribution in [3.8, 4) is 5.75 Å². The fourth-order valence-electron chi connectivity index (χ4n) is 3.02. The van der Waals surface area contributed by atoms with Crippen LogP contribution in [0.1, 0.15) is 48.7 Å². The zero-order valence-corrected chi connectivity index (χ0v) is 15.6. The highest BCUT2D eigenvalue weighted by atomic mass is 32.2. The maximum Gasteiger partial charge on any atom is 0.312 e. The lowest BCUT2D eigenvalue weighted by molar-refractivity contribution is -0.386. The van der Waals surface area contributed by atoms with Gasteiger partial charge in [-0.1, -0.05) is 19.3 Å². The average molecular weight is 397 g/mol. The third kappa shape index (κ3) is 4.37. The molecule has 1 aromatic carbocycles. The van der Waals surface area contributed by atoms with E-state index in [4.69, 9.17) is 9.88 Å². The standard InChI is InChI=1S/C16H19N3O5S2/c17-26(22,23)13-6-7-15(14(8-13)19(20)21)24-9-12-10-25-16(18-12)11-4-2-1-3-5-11/h6-8,10-11H,1-5,9H2,(H2,17,22,23). The first-order chi connectivity index (χ1) is 12.3. The number of sulfonamides is 1. The number of thiazole rings is 1. The monoisotopic (exact) mass is 397 g/mol. The predicted molar refractivity (Wildman–Crippen MR) is 96.7 cm³/mol. The molecular weight excluding hydrogens is 378 g/mol. The molecule has 140 valence electrons. The molecule has 1 heterocycles. The fraction of sp³-hybridized carbons (Fsp3) is 0.438. The molecule has 1 fully saturated rings. The van der Waals surface area contributed by atoms with Crippen LogP contribution in [0.5, 0.6) is 5.75 Å². The predicted octanol–water partition coefficient (Wildman–Crippen LogP) is 3.33. The number of rotatable bonds is 6. The summed E-state index contributed by atoms with van der Waals surface area (Å²) < 4.78 is 28.2. The molecule has 0 spiro atoms. The molecule has 3 rings (SSSR count). The van der Waals surface area contributed by atoms with Crippen LogP contribution in [0.25, 0.3) is 0 Å². The van der Waals surface area contributed by atoms with Crippen LogP contribution in [0.3, 0.4) is 0 Å². The summed E-state index contributed by atoms with van der Waals surface area (Å²) in [6.45, 7) is 0.0821. The first-order valence-corrected chi connectivity index (χ1v) is 10.7. The summed E-state index contributed by atoms with van der Waals surface area (Å²) in [6.07, 6.45) is 6.01. The lowest BCUT2D eigenvalue weighted by Crippen LogP contribution is -2.12. The van der Waals surface area contributed by atoms with Gasteiger partial charge in [-0.2, -0.15) is 0 Å². The van der Waals surface area contributed by atoms with Crippen LogP contribution in [-0.2, 0) is 16.6 Å². The molecule has 1 saturated carbocycles. The first-order valence-electron chi connectivity index (χ1n) is 8.23. The summed E-state index contributed by atoms with van der Waals surface area (Å²) >= 11 is 1.59. The number of ether oxygens (including phenoxy) is 1. The van der Waals surface area contributed by atoms with Gasteiger partial charge in [-0.05, 0) is 25.0 Å². The Labute approximate surface area is 155 Å². The minimum atomic E-state index is -4.02. The van der Waals surface area contributed by atoms with Gasteiger partial charge in [-0.15, -0.1) is 11.3 Å². The van der Waals surface area contributed by atoms with Crippen molar-refractivity contribution in [2.75, 3.05) is 0 Å². The number of nitro groups is 1. The van der Waals surface area contributed by atoms with Crippen molar-refractivity contribution < 1.29 is 18.1 Å². The van der Waals surface area contributed by atoms with E-state index in [1.54, 1.807) is 11.3 Å². The number of nitrogens with two attached hydrogens (primary N) is 1. The molecule has 2 aromatic rings. The van der Waals surface area contributed by atoms with Crippen molar-refractivity contribution in [3.05, 3.63) is 44.4 Å². The van der Waals surface area contributed by atoms with Gasteiger partial charge in [0.05, 0.1) is 20.5 Å². The van der Waals surface area contributed by atoms with Gasteiger partial charge in [0.1, 0.15) is 6.61 Å². The van der Waals surface area contributed by atoms with Crippen LogP contribution >= 0.6 is 11.3 Å². The normalized spacial score (nSPS) is 15.7. The highest BCUT2D eigenvalue weighted by Gasteiger charge is 2.22. The Kier molecular flexibility index (Phi) is 5.54. The van der Waals surface area contributed by atoms with E-state index < -0.39 is 20.6 Å². The highest BCUT2D eigenvalue weighted by Crippen LogP contribution is 2.35. The van der Waals surface area contributed by atoms with E-state index in [1.165, 1.54) is 31.4 Å². The second-order valence-corrected chi connectivity index (χ2v) is 8.68. The average Bonchev–Trinajstić information content (AvgIpc) is 3.08. The van der Waals surface area contributed by atoms with Crippen molar-refractivity contribution in [2.24, 2.45) is 5.14 Å². The van der Waals surface area contributed by atoms with Crippen molar-refractivity contribution >= 4 is 27.0 Å². The quantitative estimate of drug-likeness (QED) is 0.588. The molecule has 0 radical (unpaired) electrons. The van der Waals surface area contributed by atoms with E-state index in [1.807, 2.05) is 5.38 Å². The lowest BCUT2D eigenvalue weighted by atomic mass is 9.90. The summed E-state index contributed by atoms with van der Waals surface area (Å²) in [7, 11) is -4.02. The minimum Gasteiger partial charge on any atom is -0.480 e. The van der Waals surface area contributed by atoms with Crippen molar-refractivity contribution in [2.45, 2.75) is 49.5 Å². The van der Waals surface area contributed by atoms with Crippen LogP contribution in [0, 0.1) is 10.1 Å². The molecule has 0 atom stereocenters. The number of primary sulfonamides is 1. The van der Waals surface area contributed by atoms with Crippen molar-refractivity contribution in [3.63, 3.8) is 0 Å². The summed E-state index contributed by atoms with van der Waals surface area (Å²) in [5, 5.41) is 19.2. The Morgan fingerprint density at radius 2 is 2.04 bits per heavy atom. The van der Waals surface area contributed by atoms with Gasteiger partial charge in [-0.3, -0.25) is 10.1 Å². The second kappa shape index (κ2) is 7.68. The zero-order valence-electron chi connectivity index (χ0n) is 14.0. The van der Waals surface area contributed by atoms with Gasteiger partial charge in [0, 0.05) is 17.4 Å². The third-order valence-corrected chi connectivity index (χ3v) is 6.32. The maximum atomic E-state index is 11.4. The third-order valence-electron chi connectivity index (χ3n) is 4.36. The SMILES string of the molecule is NS(=O)(=O)c1ccc(OCc2csc(C3CCCCC3)n2)c([N+](=O)[O-])c1. The molecule has 0 unspecified atom stereocenters. The second-order valence-electron chi connectivity index (χ2n) is 6.23. The fourth-order valence-corrected chi connectivity index (χ4v) is 4.53. The van der Waals surface area contributed by atoms with Crippen LogP contribution in [0.2, 0.25) is 0 Å². The lowest BCUT2D eigenvalue weighted by Gasteiger charge is -2.18.